The molecule has 29 heavy (non-hydrogen) atoms. The van der Waals surface area contributed by atoms with Crippen LogP contribution in [0.3, 0.4) is 0 Å². The van der Waals surface area contributed by atoms with Gasteiger partial charge in [-0.15, -0.1) is 0 Å². The molecule has 2 fully saturated rings. The van der Waals surface area contributed by atoms with Gasteiger partial charge in [-0.3, -0.25) is 9.69 Å². The number of aliphatic hydroxyl groups excluding tert-OH is 1. The first-order chi connectivity index (χ1) is 13.5. The number of rotatable bonds is 5. The molecule has 7 nitrogen and oxygen atoms in total. The van der Waals surface area contributed by atoms with Gasteiger partial charge in [-0.25, -0.2) is 9.18 Å². The Kier molecular flexibility index (Phi) is 7.55. The Balaban J connectivity index is 0.000000370. The van der Waals surface area contributed by atoms with Gasteiger partial charge in [-0.2, -0.15) is 13.2 Å². The third-order valence-electron chi connectivity index (χ3n) is 4.66. The second kappa shape index (κ2) is 9.51. The maximum atomic E-state index is 14.4. The van der Waals surface area contributed by atoms with Gasteiger partial charge in [0.05, 0.1) is 6.10 Å². The second-order valence-corrected chi connectivity index (χ2v) is 6.95. The molecule has 162 valence electrons. The number of alkyl halides is 4. The molecular formula is C18H23F4N3O4. The van der Waals surface area contributed by atoms with Crippen molar-refractivity contribution in [3.05, 3.63) is 35.4 Å². The molecule has 2 aliphatic heterocycles. The highest BCUT2D eigenvalue weighted by atomic mass is 19.4. The summed E-state index contributed by atoms with van der Waals surface area (Å²) in [5, 5.41) is 22.3. The van der Waals surface area contributed by atoms with E-state index in [2.05, 4.69) is 15.5 Å². The smallest absolute Gasteiger partial charge is 0.475 e. The zero-order valence-corrected chi connectivity index (χ0v) is 15.5. The van der Waals surface area contributed by atoms with Crippen molar-refractivity contribution in [3.8, 4) is 0 Å². The molecule has 0 radical (unpaired) electrons. The van der Waals surface area contributed by atoms with Gasteiger partial charge in [0.1, 0.15) is 0 Å². The largest absolute Gasteiger partial charge is 0.490 e. The zero-order valence-electron chi connectivity index (χ0n) is 15.5. The van der Waals surface area contributed by atoms with Gasteiger partial charge in [0.25, 0.3) is 5.91 Å². The number of nitrogens with one attached hydrogen (secondary N) is 2. The van der Waals surface area contributed by atoms with E-state index in [-0.39, 0.29) is 12.0 Å². The van der Waals surface area contributed by atoms with Crippen molar-refractivity contribution in [1.29, 1.82) is 0 Å². The number of nitrogens with zero attached hydrogens (tertiary/aromatic N) is 1. The highest BCUT2D eigenvalue weighted by Gasteiger charge is 2.39. The molecule has 2 heterocycles. The molecule has 0 aliphatic carbocycles. The highest BCUT2D eigenvalue weighted by molar-refractivity contribution is 5.94. The van der Waals surface area contributed by atoms with Gasteiger partial charge in [-0.05, 0) is 24.1 Å². The Morgan fingerprint density at radius 3 is 2.45 bits per heavy atom. The van der Waals surface area contributed by atoms with E-state index >= 15 is 0 Å². The number of carbonyl (C=O) groups is 2. The van der Waals surface area contributed by atoms with Crippen LogP contribution >= 0.6 is 0 Å². The van der Waals surface area contributed by atoms with Crippen LogP contribution in [0.2, 0.25) is 0 Å². The van der Waals surface area contributed by atoms with Gasteiger partial charge in [0, 0.05) is 44.8 Å². The minimum atomic E-state index is -5.08. The molecule has 1 atom stereocenters. The first kappa shape index (κ1) is 23.0. The molecule has 2 aliphatic rings. The van der Waals surface area contributed by atoms with E-state index in [1.807, 2.05) is 0 Å². The molecule has 1 aromatic rings. The van der Waals surface area contributed by atoms with Gasteiger partial charge < -0.3 is 20.8 Å². The van der Waals surface area contributed by atoms with Gasteiger partial charge >= 0.3 is 12.1 Å². The fraction of sp³-hybridized carbons (Fsp3) is 0.556. The van der Waals surface area contributed by atoms with Crippen molar-refractivity contribution in [2.75, 3.05) is 39.3 Å². The highest BCUT2D eigenvalue weighted by Crippen LogP contribution is 2.30. The van der Waals surface area contributed by atoms with Crippen LogP contribution in [-0.4, -0.2) is 78.5 Å². The normalized spacial score (nSPS) is 20.9. The minimum absolute atomic E-state index is 0.183. The lowest BCUT2D eigenvalue weighted by Crippen LogP contribution is -2.53. The molecule has 11 heteroatoms. The second-order valence-electron chi connectivity index (χ2n) is 6.95. The maximum Gasteiger partial charge on any atom is 0.490 e. The minimum Gasteiger partial charge on any atom is -0.475 e. The van der Waals surface area contributed by atoms with Gasteiger partial charge in [-0.1, -0.05) is 12.1 Å². The van der Waals surface area contributed by atoms with Crippen molar-refractivity contribution in [2.45, 2.75) is 24.4 Å². The summed E-state index contributed by atoms with van der Waals surface area (Å²) in [5.74, 6) is -2.94. The quantitative estimate of drug-likeness (QED) is 0.527. The van der Waals surface area contributed by atoms with Crippen LogP contribution in [-0.2, 0) is 10.5 Å². The lowest BCUT2D eigenvalue weighted by Gasteiger charge is -2.35. The summed E-state index contributed by atoms with van der Waals surface area (Å²) in [4.78, 5) is 23.2. The Hall–Kier alpha value is -2.24. The number of halogens is 4. The van der Waals surface area contributed by atoms with Crippen LogP contribution in [0.5, 0.6) is 0 Å². The summed E-state index contributed by atoms with van der Waals surface area (Å²) >= 11 is 0. The number of amides is 1. The summed E-state index contributed by atoms with van der Waals surface area (Å²) in [7, 11) is 0. The van der Waals surface area contributed by atoms with E-state index < -0.39 is 17.8 Å². The van der Waals surface area contributed by atoms with Crippen LogP contribution < -0.4 is 10.6 Å². The summed E-state index contributed by atoms with van der Waals surface area (Å²) in [6.45, 7) is 3.38. The lowest BCUT2D eigenvalue weighted by molar-refractivity contribution is -0.192. The van der Waals surface area contributed by atoms with Crippen LogP contribution in [0.25, 0.3) is 0 Å². The van der Waals surface area contributed by atoms with Crippen LogP contribution in [0.1, 0.15) is 22.3 Å². The average Bonchev–Trinajstić information content (AvgIpc) is 3.04. The zero-order chi connectivity index (χ0) is 21.7. The standard InChI is InChI=1S/C16H22FN3O2.C2HF3O2/c17-16(10-18-11-16)13-3-1-2-12(8-13)15(22)19-5-7-20-6-4-14(21)9-20;3-2(4,5)1(6)7/h1-3,8,14,18,21H,4-7,9-11H2,(H,19,22);(H,6,7)/t14-;/m0./s1. The van der Waals surface area contributed by atoms with E-state index in [1.165, 1.54) is 0 Å². The molecule has 0 bridgehead atoms. The SMILES string of the molecule is O=C(NCCN1CC[C@H](O)C1)c1cccc(C2(F)CNC2)c1.O=C(O)C(F)(F)F. The number of carboxylic acids is 1. The molecule has 0 saturated carbocycles. The Bertz CT molecular complexity index is 725. The monoisotopic (exact) mass is 421 g/mol. The number of benzene rings is 1. The molecule has 0 aromatic heterocycles. The molecular weight excluding hydrogens is 398 g/mol. The lowest BCUT2D eigenvalue weighted by atomic mass is 9.89. The maximum absolute atomic E-state index is 14.4. The number of likely N-dealkylation sites (tertiary alicyclic amines) is 1. The molecule has 3 rings (SSSR count). The average molecular weight is 421 g/mol. The summed E-state index contributed by atoms with van der Waals surface area (Å²) in [6.07, 6.45) is -4.54. The first-order valence-electron chi connectivity index (χ1n) is 9.00. The number of aliphatic carboxylic acids is 1. The van der Waals surface area contributed by atoms with E-state index in [0.29, 0.717) is 37.3 Å². The Morgan fingerprint density at radius 2 is 1.97 bits per heavy atom. The van der Waals surface area contributed by atoms with E-state index in [1.54, 1.807) is 24.3 Å². The summed E-state index contributed by atoms with van der Waals surface area (Å²) in [6, 6.07) is 6.79. The predicted molar refractivity (Wildman–Crippen MR) is 95.2 cm³/mol. The molecule has 1 aromatic carbocycles. The van der Waals surface area contributed by atoms with Crippen molar-refractivity contribution >= 4 is 11.9 Å². The number of carboxylic acid groups (broad SMARTS) is 1. The number of hydrogen-bond donors (Lipinski definition) is 4. The first-order valence-corrected chi connectivity index (χ1v) is 9.00. The van der Waals surface area contributed by atoms with Crippen LogP contribution in [0, 0.1) is 0 Å². The molecule has 0 spiro atoms. The van der Waals surface area contributed by atoms with Crippen molar-refractivity contribution < 1.29 is 37.4 Å². The van der Waals surface area contributed by atoms with Gasteiger partial charge in [0.15, 0.2) is 5.67 Å². The number of hydrogen-bond acceptors (Lipinski definition) is 5. The van der Waals surface area contributed by atoms with Crippen molar-refractivity contribution in [2.24, 2.45) is 0 Å². The molecule has 1 amide bonds. The number of aliphatic hydroxyl groups is 1. The van der Waals surface area contributed by atoms with Gasteiger partial charge in [0.2, 0.25) is 0 Å². The van der Waals surface area contributed by atoms with Crippen LogP contribution in [0.15, 0.2) is 24.3 Å². The number of carbonyl (C=O) groups excluding carboxylic acids is 1. The molecule has 4 N–H and O–H groups in total. The Labute approximate surface area is 164 Å². The third-order valence-corrected chi connectivity index (χ3v) is 4.66. The van der Waals surface area contributed by atoms with E-state index in [9.17, 15) is 27.5 Å². The Morgan fingerprint density at radius 1 is 1.31 bits per heavy atom. The third kappa shape index (κ3) is 6.65. The predicted octanol–water partition coefficient (Wildman–Crippen LogP) is 0.884. The fourth-order valence-electron chi connectivity index (χ4n) is 2.93. The van der Waals surface area contributed by atoms with Crippen molar-refractivity contribution in [1.82, 2.24) is 15.5 Å². The fourth-order valence-corrected chi connectivity index (χ4v) is 2.93. The van der Waals surface area contributed by atoms with Crippen molar-refractivity contribution in [3.63, 3.8) is 0 Å². The molecule has 2 saturated heterocycles. The summed E-state index contributed by atoms with van der Waals surface area (Å²) in [5.41, 5.74) is -0.299. The number of β-amino-alcohol motifs (C(OH)–C–C–N with tert-alkyl or cyclic N) is 1. The summed E-state index contributed by atoms with van der Waals surface area (Å²) < 4.78 is 46.1. The molecule has 0 unspecified atom stereocenters. The van der Waals surface area contributed by atoms with E-state index in [4.69, 9.17) is 9.90 Å². The topological polar surface area (TPSA) is 102 Å². The van der Waals surface area contributed by atoms with E-state index in [0.717, 1.165) is 19.5 Å². The van der Waals surface area contributed by atoms with Crippen LogP contribution in [0.4, 0.5) is 17.6 Å².